The molecule has 0 atom stereocenters. The van der Waals surface area contributed by atoms with E-state index in [0.717, 1.165) is 31.7 Å². The molecule has 34 heavy (non-hydrogen) atoms. The highest BCUT2D eigenvalue weighted by Gasteiger charge is 2.20. The van der Waals surface area contributed by atoms with E-state index < -0.39 is 5.97 Å². The first-order chi connectivity index (χ1) is 16.5. The van der Waals surface area contributed by atoms with Gasteiger partial charge in [-0.05, 0) is 66.3 Å². The molecule has 0 unspecified atom stereocenters. The van der Waals surface area contributed by atoms with Gasteiger partial charge in [0.2, 0.25) is 0 Å². The number of nitriles is 1. The molecule has 0 aliphatic carbocycles. The summed E-state index contributed by atoms with van der Waals surface area (Å²) in [6.45, 7) is 4.18. The van der Waals surface area contributed by atoms with Crippen molar-refractivity contribution in [1.82, 2.24) is 4.98 Å². The molecule has 1 N–H and O–H groups in total. The fourth-order valence-electron chi connectivity index (χ4n) is 4.16. The summed E-state index contributed by atoms with van der Waals surface area (Å²) in [5.41, 5.74) is 4.74. The number of aryl methyl sites for hydroxylation is 2. The van der Waals surface area contributed by atoms with Gasteiger partial charge < -0.3 is 9.84 Å². The van der Waals surface area contributed by atoms with Crippen molar-refractivity contribution < 1.29 is 14.6 Å². The zero-order chi connectivity index (χ0) is 23.8. The summed E-state index contributed by atoms with van der Waals surface area (Å²) in [5.74, 6) is -0.582. The third-order valence-electron chi connectivity index (χ3n) is 5.88. The topological polar surface area (TPSA) is 83.2 Å². The van der Waals surface area contributed by atoms with Crippen molar-refractivity contribution in [3.05, 3.63) is 94.5 Å². The van der Waals surface area contributed by atoms with Crippen molar-refractivity contribution in [3.8, 4) is 22.4 Å². The highest BCUT2D eigenvalue weighted by Crippen LogP contribution is 2.40. The molecule has 0 saturated carbocycles. The number of thiophene rings is 1. The lowest BCUT2D eigenvalue weighted by Crippen LogP contribution is -2.04. The van der Waals surface area contributed by atoms with Crippen LogP contribution >= 0.6 is 11.3 Å². The van der Waals surface area contributed by atoms with Crippen molar-refractivity contribution >= 4 is 38.3 Å². The number of carboxylic acids is 1. The summed E-state index contributed by atoms with van der Waals surface area (Å²) < 4.78 is 7.20. The molecule has 0 radical (unpaired) electrons. The van der Waals surface area contributed by atoms with E-state index in [9.17, 15) is 9.90 Å². The van der Waals surface area contributed by atoms with E-state index >= 15 is 0 Å². The van der Waals surface area contributed by atoms with Crippen molar-refractivity contribution in [2.75, 3.05) is 0 Å². The number of benzene rings is 3. The van der Waals surface area contributed by atoms with Crippen molar-refractivity contribution in [1.29, 1.82) is 5.26 Å². The average Bonchev–Trinajstić information content (AvgIpc) is 3.19. The Bertz CT molecular complexity index is 1630. The molecule has 0 bridgehead atoms. The van der Waals surface area contributed by atoms with E-state index in [1.165, 1.54) is 0 Å². The van der Waals surface area contributed by atoms with Crippen LogP contribution in [0, 0.1) is 25.2 Å². The van der Waals surface area contributed by atoms with Crippen molar-refractivity contribution in [2.24, 2.45) is 0 Å². The highest BCUT2D eigenvalue weighted by molar-refractivity contribution is 7.22. The molecule has 6 heteroatoms. The van der Waals surface area contributed by atoms with Gasteiger partial charge in [-0.2, -0.15) is 5.26 Å². The van der Waals surface area contributed by atoms with Crippen LogP contribution in [-0.4, -0.2) is 16.1 Å². The summed E-state index contributed by atoms with van der Waals surface area (Å²) in [4.78, 5) is 18.2. The number of hydrogen-bond acceptors (Lipinski definition) is 5. The summed E-state index contributed by atoms with van der Waals surface area (Å²) in [7, 11) is 0. The Labute approximate surface area is 200 Å². The number of fused-ring (bicyclic) bond motifs is 2. The molecule has 166 valence electrons. The number of nitrogens with zero attached hydrogens (tertiary/aromatic N) is 2. The highest BCUT2D eigenvalue weighted by atomic mass is 32.1. The maximum absolute atomic E-state index is 12.4. The quantitative estimate of drug-likeness (QED) is 0.306. The standard InChI is InChI=1S/C28H20N2O3S/c1-16-10-11-23(33-15-19-7-5-6-18(12-19)14-29)25-21(28(31)32)13-22(30-26(16)25)27-17(2)20-8-3-4-9-24(20)34-27/h3-13H,15H2,1-2H3,(H,31,32). The molecular formula is C28H20N2O3S. The van der Waals surface area contributed by atoms with E-state index in [2.05, 4.69) is 18.2 Å². The molecule has 0 aliphatic rings. The van der Waals surface area contributed by atoms with E-state index in [-0.39, 0.29) is 12.2 Å². The largest absolute Gasteiger partial charge is 0.488 e. The van der Waals surface area contributed by atoms with Crippen LogP contribution in [-0.2, 0) is 6.61 Å². The number of rotatable bonds is 5. The maximum atomic E-state index is 12.4. The van der Waals surface area contributed by atoms with E-state index in [4.69, 9.17) is 15.0 Å². The summed E-state index contributed by atoms with van der Waals surface area (Å²) in [6.07, 6.45) is 0. The fraction of sp³-hybridized carbons (Fsp3) is 0.107. The molecular weight excluding hydrogens is 444 g/mol. The van der Waals surface area contributed by atoms with Gasteiger partial charge in [-0.1, -0.05) is 36.4 Å². The summed E-state index contributed by atoms with van der Waals surface area (Å²) in [6, 6.07) is 22.7. The predicted molar refractivity (Wildman–Crippen MR) is 134 cm³/mol. The molecule has 3 aromatic carbocycles. The lowest BCUT2D eigenvalue weighted by Gasteiger charge is -2.14. The van der Waals surface area contributed by atoms with Crippen molar-refractivity contribution in [3.63, 3.8) is 0 Å². The smallest absolute Gasteiger partial charge is 0.336 e. The third kappa shape index (κ3) is 3.76. The molecule has 0 spiro atoms. The van der Waals surface area contributed by atoms with E-state index in [1.807, 2.05) is 38.1 Å². The number of aromatic carboxylic acids is 1. The summed E-state index contributed by atoms with van der Waals surface area (Å²) >= 11 is 1.61. The Morgan fingerprint density at radius 3 is 2.68 bits per heavy atom. The Morgan fingerprint density at radius 1 is 1.09 bits per heavy atom. The Hall–Kier alpha value is -4.21. The average molecular weight is 465 g/mol. The number of aromatic nitrogens is 1. The second-order valence-electron chi connectivity index (χ2n) is 8.12. The van der Waals surface area contributed by atoms with Gasteiger partial charge >= 0.3 is 5.97 Å². The van der Waals surface area contributed by atoms with Crippen LogP contribution in [0.3, 0.4) is 0 Å². The van der Waals surface area contributed by atoms with Gasteiger partial charge in [0.15, 0.2) is 0 Å². The Morgan fingerprint density at radius 2 is 1.91 bits per heavy atom. The molecule has 2 heterocycles. The third-order valence-corrected chi connectivity index (χ3v) is 7.18. The van der Waals surface area contributed by atoms with Gasteiger partial charge in [0.1, 0.15) is 12.4 Å². The van der Waals surface area contributed by atoms with Crippen molar-refractivity contribution in [2.45, 2.75) is 20.5 Å². The zero-order valence-electron chi connectivity index (χ0n) is 18.6. The number of hydrogen-bond donors (Lipinski definition) is 1. The molecule has 0 saturated heterocycles. The Balaban J connectivity index is 1.65. The minimum absolute atomic E-state index is 0.154. The number of carbonyl (C=O) groups is 1. The lowest BCUT2D eigenvalue weighted by molar-refractivity contribution is 0.0698. The Kier molecular flexibility index (Phi) is 5.48. The van der Waals surface area contributed by atoms with Crippen LogP contribution < -0.4 is 4.74 Å². The van der Waals surface area contributed by atoms with Crippen LogP contribution in [0.5, 0.6) is 5.75 Å². The number of carboxylic acid groups (broad SMARTS) is 1. The minimum atomic E-state index is -1.03. The minimum Gasteiger partial charge on any atom is -0.488 e. The monoisotopic (exact) mass is 464 g/mol. The van der Waals surface area contributed by atoms with Gasteiger partial charge in [-0.3, -0.25) is 0 Å². The van der Waals surface area contributed by atoms with Gasteiger partial charge in [-0.25, -0.2) is 9.78 Å². The fourth-order valence-corrected chi connectivity index (χ4v) is 5.33. The second kappa shape index (κ2) is 8.62. The first-order valence-corrected chi connectivity index (χ1v) is 11.6. The SMILES string of the molecule is Cc1c(-c2cc(C(=O)O)c3c(OCc4cccc(C#N)c4)ccc(C)c3n2)sc2ccccc12. The summed E-state index contributed by atoms with van der Waals surface area (Å²) in [5, 5.41) is 20.9. The van der Waals surface area contributed by atoms with Gasteiger partial charge in [0.05, 0.1) is 38.7 Å². The molecule has 0 amide bonds. The van der Waals surface area contributed by atoms with Crippen LogP contribution in [0.25, 0.3) is 31.6 Å². The van der Waals surface area contributed by atoms with E-state index in [1.54, 1.807) is 41.7 Å². The van der Waals surface area contributed by atoms with E-state index in [0.29, 0.717) is 27.9 Å². The second-order valence-corrected chi connectivity index (χ2v) is 9.17. The van der Waals surface area contributed by atoms with Crippen LogP contribution in [0.15, 0.2) is 66.7 Å². The molecule has 2 aromatic heterocycles. The van der Waals surface area contributed by atoms with Gasteiger partial charge in [0.25, 0.3) is 0 Å². The number of ether oxygens (including phenoxy) is 1. The predicted octanol–water partition coefficient (Wildman–Crippen LogP) is 6.88. The molecule has 0 aliphatic heterocycles. The van der Waals surface area contributed by atoms with Crippen LogP contribution in [0.2, 0.25) is 0 Å². The first-order valence-electron chi connectivity index (χ1n) is 10.7. The molecule has 0 fully saturated rings. The van der Waals surface area contributed by atoms with Gasteiger partial charge in [0, 0.05) is 4.70 Å². The first kappa shape index (κ1) is 21.6. The molecule has 5 nitrogen and oxygen atoms in total. The zero-order valence-corrected chi connectivity index (χ0v) is 19.4. The van der Waals surface area contributed by atoms with Gasteiger partial charge in [-0.15, -0.1) is 11.3 Å². The molecule has 5 aromatic rings. The van der Waals surface area contributed by atoms with Crippen LogP contribution in [0.4, 0.5) is 0 Å². The lowest BCUT2D eigenvalue weighted by atomic mass is 10.0. The maximum Gasteiger partial charge on any atom is 0.336 e. The number of pyridine rings is 1. The van der Waals surface area contributed by atoms with Crippen LogP contribution in [0.1, 0.15) is 32.6 Å². The molecule has 5 rings (SSSR count). The normalized spacial score (nSPS) is 11.0.